The molecule has 0 saturated heterocycles. The molecular formula is C14H26N4. The lowest BCUT2D eigenvalue weighted by molar-refractivity contribution is 0.517. The van der Waals surface area contributed by atoms with Crippen molar-refractivity contribution in [1.29, 1.82) is 0 Å². The zero-order valence-electron chi connectivity index (χ0n) is 12.5. The quantitative estimate of drug-likeness (QED) is 0.838. The van der Waals surface area contributed by atoms with Gasteiger partial charge in [0.15, 0.2) is 0 Å². The zero-order valence-corrected chi connectivity index (χ0v) is 12.5. The van der Waals surface area contributed by atoms with Gasteiger partial charge in [-0.05, 0) is 44.8 Å². The third-order valence-corrected chi connectivity index (χ3v) is 3.10. The SMILES string of the molecule is CCNCC(C)Cc1c(C)nc(N(C)C)nc1C. The van der Waals surface area contributed by atoms with E-state index < -0.39 is 0 Å². The molecule has 1 aromatic rings. The van der Waals surface area contributed by atoms with Crippen molar-refractivity contribution >= 4 is 5.95 Å². The highest BCUT2D eigenvalue weighted by Crippen LogP contribution is 2.17. The second kappa shape index (κ2) is 6.69. The normalized spacial score (nSPS) is 12.6. The minimum Gasteiger partial charge on any atom is -0.347 e. The van der Waals surface area contributed by atoms with Crippen LogP contribution in [-0.4, -0.2) is 37.2 Å². The fraction of sp³-hybridized carbons (Fsp3) is 0.714. The van der Waals surface area contributed by atoms with Crippen LogP contribution in [0.3, 0.4) is 0 Å². The van der Waals surface area contributed by atoms with Crippen molar-refractivity contribution in [2.75, 3.05) is 32.1 Å². The maximum absolute atomic E-state index is 4.56. The Morgan fingerprint density at radius 1 is 1.17 bits per heavy atom. The van der Waals surface area contributed by atoms with Gasteiger partial charge in [0.25, 0.3) is 0 Å². The summed E-state index contributed by atoms with van der Waals surface area (Å²) in [5, 5.41) is 3.39. The first-order chi connectivity index (χ1) is 8.45. The van der Waals surface area contributed by atoms with Gasteiger partial charge in [0.1, 0.15) is 0 Å². The van der Waals surface area contributed by atoms with Crippen molar-refractivity contribution in [1.82, 2.24) is 15.3 Å². The van der Waals surface area contributed by atoms with Crippen molar-refractivity contribution in [3.8, 4) is 0 Å². The number of aryl methyl sites for hydroxylation is 2. The van der Waals surface area contributed by atoms with Crippen LogP contribution < -0.4 is 10.2 Å². The summed E-state index contributed by atoms with van der Waals surface area (Å²) in [6, 6.07) is 0. The molecule has 1 N–H and O–H groups in total. The van der Waals surface area contributed by atoms with E-state index in [4.69, 9.17) is 0 Å². The molecule has 0 saturated carbocycles. The van der Waals surface area contributed by atoms with E-state index >= 15 is 0 Å². The third-order valence-electron chi connectivity index (χ3n) is 3.10. The highest BCUT2D eigenvalue weighted by Gasteiger charge is 2.12. The van der Waals surface area contributed by atoms with E-state index in [-0.39, 0.29) is 0 Å². The molecular weight excluding hydrogens is 224 g/mol. The number of nitrogens with zero attached hydrogens (tertiary/aromatic N) is 3. The largest absolute Gasteiger partial charge is 0.347 e. The van der Waals surface area contributed by atoms with Gasteiger partial charge in [-0.3, -0.25) is 0 Å². The molecule has 0 aromatic carbocycles. The minimum absolute atomic E-state index is 0.608. The predicted octanol–water partition coefficient (Wildman–Crippen LogP) is 1.95. The van der Waals surface area contributed by atoms with E-state index in [1.807, 2.05) is 19.0 Å². The molecule has 1 atom stereocenters. The van der Waals surface area contributed by atoms with E-state index in [9.17, 15) is 0 Å². The van der Waals surface area contributed by atoms with Crippen LogP contribution in [0.25, 0.3) is 0 Å². The fourth-order valence-electron chi connectivity index (χ4n) is 2.03. The molecule has 1 heterocycles. The Morgan fingerprint density at radius 3 is 2.17 bits per heavy atom. The fourth-order valence-corrected chi connectivity index (χ4v) is 2.03. The lowest BCUT2D eigenvalue weighted by Gasteiger charge is -2.18. The van der Waals surface area contributed by atoms with Crippen LogP contribution in [0.4, 0.5) is 5.95 Å². The Hall–Kier alpha value is -1.16. The topological polar surface area (TPSA) is 41.1 Å². The summed E-state index contributed by atoms with van der Waals surface area (Å²) in [6.07, 6.45) is 1.04. The van der Waals surface area contributed by atoms with Gasteiger partial charge in [-0.2, -0.15) is 0 Å². The van der Waals surface area contributed by atoms with Gasteiger partial charge in [0, 0.05) is 25.5 Å². The smallest absolute Gasteiger partial charge is 0.225 e. The number of anilines is 1. The molecule has 0 bridgehead atoms. The Balaban J connectivity index is 2.83. The summed E-state index contributed by atoms with van der Waals surface area (Å²) in [7, 11) is 3.95. The number of aromatic nitrogens is 2. The van der Waals surface area contributed by atoms with Gasteiger partial charge >= 0.3 is 0 Å². The molecule has 0 radical (unpaired) electrons. The molecule has 4 heteroatoms. The maximum Gasteiger partial charge on any atom is 0.225 e. The Labute approximate surface area is 111 Å². The van der Waals surface area contributed by atoms with Crippen LogP contribution in [0.15, 0.2) is 0 Å². The predicted molar refractivity (Wildman–Crippen MR) is 77.2 cm³/mol. The summed E-state index contributed by atoms with van der Waals surface area (Å²) in [6.45, 7) is 10.6. The maximum atomic E-state index is 4.56. The van der Waals surface area contributed by atoms with E-state index in [1.54, 1.807) is 0 Å². The number of hydrogen-bond acceptors (Lipinski definition) is 4. The third kappa shape index (κ3) is 3.95. The highest BCUT2D eigenvalue weighted by atomic mass is 15.2. The van der Waals surface area contributed by atoms with Crippen LogP contribution in [0.1, 0.15) is 30.8 Å². The van der Waals surface area contributed by atoms with Crippen molar-refractivity contribution < 1.29 is 0 Å². The highest BCUT2D eigenvalue weighted by molar-refractivity contribution is 5.35. The van der Waals surface area contributed by atoms with E-state index in [1.165, 1.54) is 5.56 Å². The second-order valence-corrected chi connectivity index (χ2v) is 5.18. The van der Waals surface area contributed by atoms with Crippen LogP contribution >= 0.6 is 0 Å². The van der Waals surface area contributed by atoms with Gasteiger partial charge in [0.2, 0.25) is 5.95 Å². The molecule has 1 unspecified atom stereocenters. The molecule has 1 aromatic heterocycles. The van der Waals surface area contributed by atoms with Gasteiger partial charge in [-0.25, -0.2) is 9.97 Å². The Bertz CT molecular complexity index is 364. The van der Waals surface area contributed by atoms with Gasteiger partial charge < -0.3 is 10.2 Å². The zero-order chi connectivity index (χ0) is 13.7. The summed E-state index contributed by atoms with van der Waals surface area (Å²) in [4.78, 5) is 11.1. The average molecular weight is 250 g/mol. The molecule has 4 nitrogen and oxygen atoms in total. The minimum atomic E-state index is 0.608. The number of rotatable bonds is 6. The Morgan fingerprint density at radius 2 is 1.72 bits per heavy atom. The summed E-state index contributed by atoms with van der Waals surface area (Å²) >= 11 is 0. The Kier molecular flexibility index (Phi) is 5.54. The first kappa shape index (κ1) is 14.9. The summed E-state index contributed by atoms with van der Waals surface area (Å²) in [5.74, 6) is 1.41. The van der Waals surface area contributed by atoms with E-state index in [0.29, 0.717) is 5.92 Å². The summed E-state index contributed by atoms with van der Waals surface area (Å²) < 4.78 is 0. The first-order valence-corrected chi connectivity index (χ1v) is 6.67. The molecule has 18 heavy (non-hydrogen) atoms. The molecule has 0 fully saturated rings. The van der Waals surface area contributed by atoms with Crippen molar-refractivity contribution in [3.05, 3.63) is 17.0 Å². The molecule has 0 aliphatic rings. The monoisotopic (exact) mass is 250 g/mol. The molecule has 1 rings (SSSR count). The molecule has 0 aliphatic heterocycles. The molecule has 0 amide bonds. The lowest BCUT2D eigenvalue weighted by atomic mass is 9.99. The second-order valence-electron chi connectivity index (χ2n) is 5.18. The number of hydrogen-bond donors (Lipinski definition) is 1. The first-order valence-electron chi connectivity index (χ1n) is 6.67. The molecule has 0 aliphatic carbocycles. The van der Waals surface area contributed by atoms with Gasteiger partial charge in [0.05, 0.1) is 0 Å². The average Bonchev–Trinajstić information content (AvgIpc) is 2.30. The van der Waals surface area contributed by atoms with E-state index in [0.717, 1.165) is 36.8 Å². The van der Waals surface area contributed by atoms with Crippen molar-refractivity contribution in [2.45, 2.75) is 34.1 Å². The standard InChI is InChI=1S/C14H26N4/c1-7-15-9-10(2)8-13-11(3)16-14(18(5)6)17-12(13)4/h10,15H,7-9H2,1-6H3. The summed E-state index contributed by atoms with van der Waals surface area (Å²) in [5.41, 5.74) is 3.51. The van der Waals surface area contributed by atoms with Crippen LogP contribution in [0.5, 0.6) is 0 Å². The molecule has 0 spiro atoms. The van der Waals surface area contributed by atoms with Gasteiger partial charge in [-0.1, -0.05) is 13.8 Å². The number of nitrogens with one attached hydrogen (secondary N) is 1. The van der Waals surface area contributed by atoms with Crippen LogP contribution in [-0.2, 0) is 6.42 Å². The van der Waals surface area contributed by atoms with Crippen molar-refractivity contribution in [3.63, 3.8) is 0 Å². The van der Waals surface area contributed by atoms with Crippen LogP contribution in [0, 0.1) is 19.8 Å². The molecule has 102 valence electrons. The van der Waals surface area contributed by atoms with Crippen molar-refractivity contribution in [2.24, 2.45) is 5.92 Å². The van der Waals surface area contributed by atoms with E-state index in [2.05, 4.69) is 43.0 Å². The van der Waals surface area contributed by atoms with Crippen LogP contribution in [0.2, 0.25) is 0 Å². The lowest BCUT2D eigenvalue weighted by Crippen LogP contribution is -2.23. The van der Waals surface area contributed by atoms with Gasteiger partial charge in [-0.15, -0.1) is 0 Å².